The van der Waals surface area contributed by atoms with Gasteiger partial charge in [0.2, 0.25) is 0 Å². The average Bonchev–Trinajstić information content (AvgIpc) is 2.25. The van der Waals surface area contributed by atoms with Crippen LogP contribution in [0.2, 0.25) is 0 Å². The van der Waals surface area contributed by atoms with Crippen LogP contribution in [0.25, 0.3) is 5.57 Å². The van der Waals surface area contributed by atoms with Gasteiger partial charge in [-0.2, -0.15) is 13.2 Å². The van der Waals surface area contributed by atoms with E-state index in [0.717, 1.165) is 12.1 Å². The van der Waals surface area contributed by atoms with Crippen molar-refractivity contribution in [3.63, 3.8) is 0 Å². The van der Waals surface area contributed by atoms with Crippen LogP contribution in [0.1, 0.15) is 11.1 Å². The van der Waals surface area contributed by atoms with E-state index in [9.17, 15) is 13.2 Å². The number of nitrogens with two attached hydrogens (primary N) is 1. The molecule has 0 saturated heterocycles. The predicted molar refractivity (Wildman–Crippen MR) is 56.1 cm³/mol. The Labute approximate surface area is 91.5 Å². The van der Waals surface area contributed by atoms with E-state index in [1.807, 2.05) is 0 Å². The zero-order valence-electron chi connectivity index (χ0n) is 8.77. The van der Waals surface area contributed by atoms with E-state index in [4.69, 9.17) is 10.5 Å². The molecule has 1 rings (SSSR count). The van der Waals surface area contributed by atoms with Gasteiger partial charge in [0.1, 0.15) is 5.75 Å². The number of hydrogen-bond donors (Lipinski definition) is 1. The number of benzene rings is 1. The third-order valence-electron chi connectivity index (χ3n) is 2.15. The van der Waals surface area contributed by atoms with Crippen molar-refractivity contribution in [3.8, 4) is 5.75 Å². The normalized spacial score (nSPS) is 11.3. The monoisotopic (exact) mass is 231 g/mol. The summed E-state index contributed by atoms with van der Waals surface area (Å²) in [6.45, 7) is 3.68. The fourth-order valence-electron chi connectivity index (χ4n) is 1.27. The second-order valence-corrected chi connectivity index (χ2v) is 3.22. The molecule has 0 aromatic heterocycles. The molecule has 0 saturated carbocycles. The van der Waals surface area contributed by atoms with Crippen molar-refractivity contribution in [1.29, 1.82) is 0 Å². The van der Waals surface area contributed by atoms with Crippen molar-refractivity contribution >= 4 is 5.57 Å². The Morgan fingerprint density at radius 2 is 2.06 bits per heavy atom. The highest BCUT2D eigenvalue weighted by atomic mass is 19.4. The summed E-state index contributed by atoms with van der Waals surface area (Å²) in [6.07, 6.45) is -4.38. The lowest BCUT2D eigenvalue weighted by Gasteiger charge is -2.13. The Hall–Kier alpha value is -1.49. The topological polar surface area (TPSA) is 35.2 Å². The maximum absolute atomic E-state index is 12.5. The van der Waals surface area contributed by atoms with Gasteiger partial charge in [-0.3, -0.25) is 0 Å². The summed E-state index contributed by atoms with van der Waals surface area (Å²) in [4.78, 5) is 0. The summed E-state index contributed by atoms with van der Waals surface area (Å²) in [6, 6.07) is 3.22. The Morgan fingerprint density at radius 3 is 2.50 bits per heavy atom. The predicted octanol–water partition coefficient (Wildman–Crippen LogP) is 2.69. The van der Waals surface area contributed by atoms with Gasteiger partial charge < -0.3 is 10.5 Å². The fraction of sp³-hybridized carbons (Fsp3) is 0.273. The van der Waals surface area contributed by atoms with Gasteiger partial charge in [0.25, 0.3) is 0 Å². The standard InChI is InChI=1S/C11H12F3NO/c1-7(6-15)9-5-8(11(12,13)14)3-4-10(9)16-2/h3-5H,1,6,15H2,2H3. The first-order valence-corrected chi connectivity index (χ1v) is 4.53. The second kappa shape index (κ2) is 4.57. The molecule has 1 aromatic carbocycles. The van der Waals surface area contributed by atoms with Gasteiger partial charge in [0.05, 0.1) is 12.7 Å². The van der Waals surface area contributed by atoms with Crippen LogP contribution in [-0.2, 0) is 6.18 Å². The first kappa shape index (κ1) is 12.6. The van der Waals surface area contributed by atoms with Crippen molar-refractivity contribution < 1.29 is 17.9 Å². The molecule has 0 heterocycles. The summed E-state index contributed by atoms with van der Waals surface area (Å²) < 4.78 is 42.4. The van der Waals surface area contributed by atoms with Crippen LogP contribution in [0, 0.1) is 0 Å². The quantitative estimate of drug-likeness (QED) is 0.868. The van der Waals surface area contributed by atoms with Crippen LogP contribution >= 0.6 is 0 Å². The minimum absolute atomic E-state index is 0.0810. The van der Waals surface area contributed by atoms with E-state index < -0.39 is 11.7 Å². The third-order valence-corrected chi connectivity index (χ3v) is 2.15. The molecule has 0 amide bonds. The molecular formula is C11H12F3NO. The van der Waals surface area contributed by atoms with Crippen molar-refractivity contribution in [2.45, 2.75) is 6.18 Å². The summed E-state index contributed by atoms with van der Waals surface area (Å²) in [5.41, 5.74) is 5.31. The number of halogens is 3. The molecule has 2 nitrogen and oxygen atoms in total. The number of hydrogen-bond acceptors (Lipinski definition) is 2. The van der Waals surface area contributed by atoms with E-state index in [1.54, 1.807) is 0 Å². The zero-order chi connectivity index (χ0) is 12.3. The first-order chi connectivity index (χ1) is 7.40. The van der Waals surface area contributed by atoms with Gasteiger partial charge in [-0.15, -0.1) is 0 Å². The van der Waals surface area contributed by atoms with Crippen LogP contribution in [0.5, 0.6) is 5.75 Å². The SMILES string of the molecule is C=C(CN)c1cc(C(F)(F)F)ccc1OC. The Balaban J connectivity index is 3.27. The van der Waals surface area contributed by atoms with E-state index in [-0.39, 0.29) is 6.54 Å². The highest BCUT2D eigenvalue weighted by molar-refractivity contribution is 5.70. The zero-order valence-corrected chi connectivity index (χ0v) is 8.77. The maximum Gasteiger partial charge on any atom is 0.416 e. The van der Waals surface area contributed by atoms with E-state index in [1.165, 1.54) is 13.2 Å². The van der Waals surface area contributed by atoms with E-state index in [0.29, 0.717) is 16.9 Å². The Kier molecular flexibility index (Phi) is 3.59. The van der Waals surface area contributed by atoms with Crippen LogP contribution in [-0.4, -0.2) is 13.7 Å². The molecule has 0 fully saturated rings. The number of methoxy groups -OCH3 is 1. The lowest BCUT2D eigenvalue weighted by Crippen LogP contribution is -2.08. The van der Waals surface area contributed by atoms with Crippen molar-refractivity contribution in [1.82, 2.24) is 0 Å². The molecule has 0 unspecified atom stereocenters. The van der Waals surface area contributed by atoms with Crippen LogP contribution in [0.15, 0.2) is 24.8 Å². The summed E-state index contributed by atoms with van der Waals surface area (Å²) >= 11 is 0. The summed E-state index contributed by atoms with van der Waals surface area (Å²) in [7, 11) is 1.38. The highest BCUT2D eigenvalue weighted by Crippen LogP contribution is 2.34. The van der Waals surface area contributed by atoms with Crippen molar-refractivity contribution in [2.75, 3.05) is 13.7 Å². The molecule has 2 N–H and O–H groups in total. The molecule has 0 aliphatic carbocycles. The van der Waals surface area contributed by atoms with Gasteiger partial charge in [-0.1, -0.05) is 6.58 Å². The van der Waals surface area contributed by atoms with Gasteiger partial charge >= 0.3 is 6.18 Å². The summed E-state index contributed by atoms with van der Waals surface area (Å²) in [5, 5.41) is 0. The number of ether oxygens (including phenoxy) is 1. The summed E-state index contributed by atoms with van der Waals surface area (Å²) in [5.74, 6) is 0.337. The molecule has 1 aromatic rings. The molecule has 0 spiro atoms. The molecule has 0 bridgehead atoms. The van der Waals surface area contributed by atoms with Crippen molar-refractivity contribution in [2.24, 2.45) is 5.73 Å². The van der Waals surface area contributed by atoms with Gasteiger partial charge in [-0.05, 0) is 23.8 Å². The fourth-order valence-corrected chi connectivity index (χ4v) is 1.27. The molecule has 0 radical (unpaired) electrons. The highest BCUT2D eigenvalue weighted by Gasteiger charge is 2.31. The smallest absolute Gasteiger partial charge is 0.416 e. The number of rotatable bonds is 3. The van der Waals surface area contributed by atoms with Gasteiger partial charge in [-0.25, -0.2) is 0 Å². The van der Waals surface area contributed by atoms with E-state index >= 15 is 0 Å². The van der Waals surface area contributed by atoms with Gasteiger partial charge in [0, 0.05) is 12.1 Å². The van der Waals surface area contributed by atoms with Crippen LogP contribution in [0.3, 0.4) is 0 Å². The van der Waals surface area contributed by atoms with E-state index in [2.05, 4.69) is 6.58 Å². The molecule has 0 aliphatic rings. The first-order valence-electron chi connectivity index (χ1n) is 4.53. The lowest BCUT2D eigenvalue weighted by atomic mass is 10.0. The average molecular weight is 231 g/mol. The molecular weight excluding hydrogens is 219 g/mol. The van der Waals surface area contributed by atoms with Crippen molar-refractivity contribution in [3.05, 3.63) is 35.9 Å². The second-order valence-electron chi connectivity index (χ2n) is 3.22. The molecule has 16 heavy (non-hydrogen) atoms. The lowest BCUT2D eigenvalue weighted by molar-refractivity contribution is -0.137. The Bertz CT molecular complexity index is 399. The van der Waals surface area contributed by atoms with Crippen LogP contribution < -0.4 is 10.5 Å². The maximum atomic E-state index is 12.5. The van der Waals surface area contributed by atoms with Gasteiger partial charge in [0.15, 0.2) is 0 Å². The largest absolute Gasteiger partial charge is 0.496 e. The molecule has 88 valence electrons. The molecule has 5 heteroatoms. The molecule has 0 aliphatic heterocycles. The Morgan fingerprint density at radius 1 is 1.44 bits per heavy atom. The van der Waals surface area contributed by atoms with Crippen LogP contribution in [0.4, 0.5) is 13.2 Å². The third kappa shape index (κ3) is 2.55. The minimum Gasteiger partial charge on any atom is -0.496 e. The minimum atomic E-state index is -4.38. The molecule has 0 atom stereocenters. The number of alkyl halides is 3.